The predicted octanol–water partition coefficient (Wildman–Crippen LogP) is 3.64. The normalized spacial score (nSPS) is 18.2. The molecule has 2 aliphatic rings. The van der Waals surface area contributed by atoms with E-state index in [0.29, 0.717) is 18.4 Å². The molecule has 0 aliphatic carbocycles. The van der Waals surface area contributed by atoms with Crippen LogP contribution in [0.3, 0.4) is 0 Å². The van der Waals surface area contributed by atoms with Gasteiger partial charge in [0.1, 0.15) is 11.4 Å². The van der Waals surface area contributed by atoms with Crippen LogP contribution in [0.5, 0.6) is 11.5 Å². The minimum absolute atomic E-state index is 0.0276. The minimum atomic E-state index is -0.632. The molecule has 0 aromatic heterocycles. The molecule has 6 heteroatoms. The summed E-state index contributed by atoms with van der Waals surface area (Å²) in [5.74, 6) is 2.72. The molecule has 0 radical (unpaired) electrons. The first-order valence-corrected chi connectivity index (χ1v) is 11.0. The lowest BCUT2D eigenvalue weighted by atomic mass is 9.88. The zero-order valence-corrected chi connectivity index (χ0v) is 18.6. The van der Waals surface area contributed by atoms with Gasteiger partial charge in [0.15, 0.2) is 11.5 Å². The molecule has 0 unspecified atom stereocenters. The number of likely N-dealkylation sites (tertiary alicyclic amines) is 1. The highest BCUT2D eigenvalue weighted by Gasteiger charge is 2.45. The first kappa shape index (κ1) is 21.4. The van der Waals surface area contributed by atoms with Crippen molar-refractivity contribution in [3.63, 3.8) is 0 Å². The summed E-state index contributed by atoms with van der Waals surface area (Å²) in [5.41, 5.74) is 1.51. The van der Waals surface area contributed by atoms with E-state index < -0.39 is 5.54 Å². The summed E-state index contributed by atoms with van der Waals surface area (Å²) in [7, 11) is 1.66. The molecule has 2 aliphatic heterocycles. The molecule has 2 aromatic carbocycles. The average molecular weight is 422 g/mol. The standard InChI is InChI=1S/C25H31N3O3/c1-18(2)17-31-22-15-19(9-10-21(22)30-3)16-28-13-11-25(12-14-28)24(29)26-23(27-25)20-7-5-4-6-8-20/h4-10,15,18H,11-14,16-17H2,1-3H3,(H,26,27,29). The van der Waals surface area contributed by atoms with E-state index >= 15 is 0 Å². The van der Waals surface area contributed by atoms with Crippen LogP contribution in [0.4, 0.5) is 0 Å². The van der Waals surface area contributed by atoms with E-state index in [1.807, 2.05) is 36.4 Å². The number of benzene rings is 2. The van der Waals surface area contributed by atoms with Crippen molar-refractivity contribution < 1.29 is 14.3 Å². The zero-order chi connectivity index (χ0) is 21.8. The number of methoxy groups -OCH3 is 1. The molecule has 1 saturated heterocycles. The SMILES string of the molecule is COc1ccc(CN2CCC3(CC2)N=C(c2ccccc2)NC3=O)cc1OCC(C)C. The number of nitrogens with one attached hydrogen (secondary N) is 1. The maximum absolute atomic E-state index is 12.8. The van der Waals surface area contributed by atoms with Gasteiger partial charge in [-0.3, -0.25) is 14.7 Å². The maximum atomic E-state index is 12.8. The van der Waals surface area contributed by atoms with Crippen molar-refractivity contribution in [2.24, 2.45) is 10.9 Å². The lowest BCUT2D eigenvalue weighted by Gasteiger charge is -2.35. The Labute approximate surface area is 184 Å². The third kappa shape index (κ3) is 4.74. The molecule has 6 nitrogen and oxygen atoms in total. The van der Waals surface area contributed by atoms with Gasteiger partial charge in [-0.15, -0.1) is 0 Å². The van der Waals surface area contributed by atoms with Gasteiger partial charge in [0.25, 0.3) is 5.91 Å². The Balaban J connectivity index is 1.41. The molecule has 2 aromatic rings. The van der Waals surface area contributed by atoms with Gasteiger partial charge in [0.05, 0.1) is 13.7 Å². The molecule has 2 heterocycles. The Morgan fingerprint density at radius 2 is 1.84 bits per heavy atom. The molecule has 1 fully saturated rings. The summed E-state index contributed by atoms with van der Waals surface area (Å²) in [4.78, 5) is 20.0. The second-order valence-corrected chi connectivity index (χ2v) is 8.78. The van der Waals surface area contributed by atoms with Crippen LogP contribution in [0.25, 0.3) is 0 Å². The van der Waals surface area contributed by atoms with E-state index in [2.05, 4.69) is 36.2 Å². The average Bonchev–Trinajstić information content (AvgIpc) is 3.10. The minimum Gasteiger partial charge on any atom is -0.493 e. The van der Waals surface area contributed by atoms with Gasteiger partial charge >= 0.3 is 0 Å². The van der Waals surface area contributed by atoms with Gasteiger partial charge in [0.2, 0.25) is 0 Å². The fourth-order valence-electron chi connectivity index (χ4n) is 4.12. The zero-order valence-electron chi connectivity index (χ0n) is 18.6. The van der Waals surface area contributed by atoms with Crippen molar-refractivity contribution >= 4 is 11.7 Å². The number of amidine groups is 1. The Hall–Kier alpha value is -2.86. The number of carbonyl (C=O) groups excluding carboxylic acids is 1. The molecule has 31 heavy (non-hydrogen) atoms. The van der Waals surface area contributed by atoms with Crippen LogP contribution in [0.2, 0.25) is 0 Å². The van der Waals surface area contributed by atoms with Gasteiger partial charge in [-0.1, -0.05) is 50.2 Å². The first-order valence-electron chi connectivity index (χ1n) is 11.0. The van der Waals surface area contributed by atoms with E-state index in [4.69, 9.17) is 14.5 Å². The summed E-state index contributed by atoms with van der Waals surface area (Å²) in [5, 5.41) is 3.00. The Bertz CT molecular complexity index is 948. The fourth-order valence-corrected chi connectivity index (χ4v) is 4.12. The molecule has 0 atom stereocenters. The van der Waals surface area contributed by atoms with Gasteiger partial charge in [0, 0.05) is 25.2 Å². The van der Waals surface area contributed by atoms with Crippen molar-refractivity contribution in [3.05, 3.63) is 59.7 Å². The number of piperidine rings is 1. The van der Waals surface area contributed by atoms with E-state index in [1.54, 1.807) is 7.11 Å². The molecule has 164 valence electrons. The number of carbonyl (C=O) groups is 1. The molecule has 0 bridgehead atoms. The van der Waals surface area contributed by atoms with E-state index in [-0.39, 0.29) is 5.91 Å². The van der Waals surface area contributed by atoms with Crippen molar-refractivity contribution in [2.75, 3.05) is 26.8 Å². The predicted molar refractivity (Wildman–Crippen MR) is 122 cm³/mol. The third-order valence-corrected chi connectivity index (χ3v) is 5.92. The Morgan fingerprint density at radius 1 is 1.10 bits per heavy atom. The van der Waals surface area contributed by atoms with Crippen LogP contribution >= 0.6 is 0 Å². The number of aliphatic imine (C=N–C) groups is 1. The monoisotopic (exact) mass is 421 g/mol. The van der Waals surface area contributed by atoms with Gasteiger partial charge in [-0.2, -0.15) is 0 Å². The molecular weight excluding hydrogens is 390 g/mol. The van der Waals surface area contributed by atoms with Crippen LogP contribution < -0.4 is 14.8 Å². The highest BCUT2D eigenvalue weighted by molar-refractivity contribution is 6.15. The second kappa shape index (κ2) is 9.10. The lowest BCUT2D eigenvalue weighted by molar-refractivity contribution is -0.125. The third-order valence-electron chi connectivity index (χ3n) is 5.92. The van der Waals surface area contributed by atoms with Gasteiger partial charge in [-0.05, 0) is 36.5 Å². The molecule has 1 amide bonds. The molecular formula is C25H31N3O3. The lowest BCUT2D eigenvalue weighted by Crippen LogP contribution is -2.48. The number of rotatable bonds is 7. The summed E-state index contributed by atoms with van der Waals surface area (Å²) >= 11 is 0. The number of hydrogen-bond donors (Lipinski definition) is 1. The summed E-state index contributed by atoms with van der Waals surface area (Å²) in [6, 6.07) is 16.0. The van der Waals surface area contributed by atoms with Crippen molar-refractivity contribution in [2.45, 2.75) is 38.8 Å². The van der Waals surface area contributed by atoms with E-state index in [0.717, 1.165) is 49.5 Å². The van der Waals surface area contributed by atoms with Gasteiger partial charge in [-0.25, -0.2) is 0 Å². The number of nitrogens with zero attached hydrogens (tertiary/aromatic N) is 2. The maximum Gasteiger partial charge on any atom is 0.253 e. The van der Waals surface area contributed by atoms with Crippen LogP contribution in [0.15, 0.2) is 53.5 Å². The number of amides is 1. The number of ether oxygens (including phenoxy) is 2. The summed E-state index contributed by atoms with van der Waals surface area (Å²) < 4.78 is 11.4. The fraction of sp³-hybridized carbons (Fsp3) is 0.440. The summed E-state index contributed by atoms with van der Waals surface area (Å²) in [6.07, 6.45) is 1.45. The van der Waals surface area contributed by atoms with E-state index in [1.165, 1.54) is 5.56 Å². The van der Waals surface area contributed by atoms with Crippen LogP contribution in [0, 0.1) is 5.92 Å². The largest absolute Gasteiger partial charge is 0.493 e. The van der Waals surface area contributed by atoms with Crippen molar-refractivity contribution in [1.82, 2.24) is 10.2 Å². The van der Waals surface area contributed by atoms with E-state index in [9.17, 15) is 4.79 Å². The van der Waals surface area contributed by atoms with Crippen LogP contribution in [-0.2, 0) is 11.3 Å². The quantitative estimate of drug-likeness (QED) is 0.741. The summed E-state index contributed by atoms with van der Waals surface area (Å²) in [6.45, 7) is 7.38. The molecule has 1 spiro atoms. The van der Waals surface area contributed by atoms with Crippen molar-refractivity contribution in [3.8, 4) is 11.5 Å². The number of hydrogen-bond acceptors (Lipinski definition) is 5. The Kier molecular flexibility index (Phi) is 6.28. The molecule has 0 saturated carbocycles. The molecule has 1 N–H and O–H groups in total. The van der Waals surface area contributed by atoms with Crippen molar-refractivity contribution in [1.29, 1.82) is 0 Å². The first-order chi connectivity index (χ1) is 15.0. The second-order valence-electron chi connectivity index (χ2n) is 8.78. The molecule has 4 rings (SSSR count). The Morgan fingerprint density at radius 3 is 2.52 bits per heavy atom. The highest BCUT2D eigenvalue weighted by atomic mass is 16.5. The topological polar surface area (TPSA) is 63.2 Å². The smallest absolute Gasteiger partial charge is 0.253 e. The van der Waals surface area contributed by atoms with Crippen LogP contribution in [0.1, 0.15) is 37.8 Å². The van der Waals surface area contributed by atoms with Crippen LogP contribution in [-0.4, -0.2) is 49.0 Å². The highest BCUT2D eigenvalue weighted by Crippen LogP contribution is 2.33. The van der Waals surface area contributed by atoms with Gasteiger partial charge < -0.3 is 14.8 Å².